The van der Waals surface area contributed by atoms with E-state index < -0.39 is 0 Å². The number of carbonyl (C=O) groups is 2. The number of amides is 2. The highest BCUT2D eigenvalue weighted by Crippen LogP contribution is 2.11. The molecule has 0 bridgehead atoms. The summed E-state index contributed by atoms with van der Waals surface area (Å²) in [5.41, 5.74) is 1.41. The Bertz CT molecular complexity index is 503. The summed E-state index contributed by atoms with van der Waals surface area (Å²) in [6.07, 6.45) is 2.43. The van der Waals surface area contributed by atoms with E-state index in [0.29, 0.717) is 25.2 Å². The maximum Gasteiger partial charge on any atom is 0.279 e. The largest absolute Gasteiger partial charge is 0.339 e. The van der Waals surface area contributed by atoms with Crippen molar-refractivity contribution < 1.29 is 14.5 Å². The molecule has 0 unspecified atom stereocenters. The van der Waals surface area contributed by atoms with Gasteiger partial charge in [0.2, 0.25) is 0 Å². The zero-order chi connectivity index (χ0) is 15.9. The SMILES string of the molecule is CCN(CC)C(=O)c1ccc(NC(=O)C[NH+]2CCCC2)cc1. The Morgan fingerprint density at radius 3 is 2.23 bits per heavy atom. The van der Waals surface area contributed by atoms with Crippen LogP contribution in [0, 0.1) is 0 Å². The molecule has 120 valence electrons. The van der Waals surface area contributed by atoms with Gasteiger partial charge in [0.05, 0.1) is 13.1 Å². The van der Waals surface area contributed by atoms with Crippen LogP contribution in [-0.2, 0) is 4.79 Å². The van der Waals surface area contributed by atoms with E-state index in [1.54, 1.807) is 29.2 Å². The number of hydrogen-bond acceptors (Lipinski definition) is 2. The molecule has 1 aliphatic heterocycles. The van der Waals surface area contributed by atoms with Gasteiger partial charge in [-0.3, -0.25) is 9.59 Å². The second-order valence-corrected chi connectivity index (χ2v) is 5.74. The van der Waals surface area contributed by atoms with Crippen LogP contribution in [0.3, 0.4) is 0 Å². The lowest BCUT2D eigenvalue weighted by atomic mass is 10.1. The molecule has 1 aromatic carbocycles. The molecule has 0 saturated carbocycles. The molecule has 1 aromatic rings. The third kappa shape index (κ3) is 4.31. The molecule has 0 radical (unpaired) electrons. The number of benzene rings is 1. The molecule has 2 amide bonds. The minimum atomic E-state index is 0.0318. The molecule has 22 heavy (non-hydrogen) atoms. The van der Waals surface area contributed by atoms with Crippen LogP contribution in [0.5, 0.6) is 0 Å². The predicted octanol–water partition coefficient (Wildman–Crippen LogP) is 0.786. The van der Waals surface area contributed by atoms with Crippen molar-refractivity contribution in [2.45, 2.75) is 26.7 Å². The predicted molar refractivity (Wildman–Crippen MR) is 87.1 cm³/mol. The van der Waals surface area contributed by atoms with Crippen molar-refractivity contribution >= 4 is 17.5 Å². The summed E-state index contributed by atoms with van der Waals surface area (Å²) in [6.45, 7) is 8.04. The number of likely N-dealkylation sites (tertiary alicyclic amines) is 1. The van der Waals surface area contributed by atoms with Crippen molar-refractivity contribution in [1.29, 1.82) is 0 Å². The molecule has 0 atom stereocenters. The topological polar surface area (TPSA) is 53.9 Å². The number of nitrogens with one attached hydrogen (secondary N) is 2. The highest BCUT2D eigenvalue weighted by Gasteiger charge is 2.19. The zero-order valence-electron chi connectivity index (χ0n) is 13.5. The van der Waals surface area contributed by atoms with Crippen molar-refractivity contribution in [2.75, 3.05) is 38.0 Å². The molecular formula is C17H26N3O2+. The third-order valence-corrected chi connectivity index (χ3v) is 4.19. The first-order chi connectivity index (χ1) is 10.6. The fourth-order valence-electron chi connectivity index (χ4n) is 2.87. The summed E-state index contributed by atoms with van der Waals surface area (Å²) in [5.74, 6) is 0.0732. The first-order valence-corrected chi connectivity index (χ1v) is 8.16. The van der Waals surface area contributed by atoms with Crippen LogP contribution in [0.1, 0.15) is 37.0 Å². The molecule has 5 heteroatoms. The highest BCUT2D eigenvalue weighted by molar-refractivity contribution is 5.96. The minimum Gasteiger partial charge on any atom is -0.339 e. The summed E-state index contributed by atoms with van der Waals surface area (Å²) in [5, 5.41) is 2.91. The molecule has 2 rings (SSSR count). The number of rotatable bonds is 6. The van der Waals surface area contributed by atoms with Crippen molar-refractivity contribution in [3.05, 3.63) is 29.8 Å². The van der Waals surface area contributed by atoms with Gasteiger partial charge in [-0.1, -0.05) is 0 Å². The average Bonchev–Trinajstić information content (AvgIpc) is 3.02. The van der Waals surface area contributed by atoms with Gasteiger partial charge in [0, 0.05) is 37.2 Å². The van der Waals surface area contributed by atoms with Crippen molar-refractivity contribution in [2.24, 2.45) is 0 Å². The molecule has 0 aromatic heterocycles. The lowest BCUT2D eigenvalue weighted by molar-refractivity contribution is -0.878. The summed E-state index contributed by atoms with van der Waals surface area (Å²) in [7, 11) is 0. The van der Waals surface area contributed by atoms with Gasteiger partial charge in [0.1, 0.15) is 0 Å². The van der Waals surface area contributed by atoms with Gasteiger partial charge >= 0.3 is 0 Å². The summed E-state index contributed by atoms with van der Waals surface area (Å²) >= 11 is 0. The van der Waals surface area contributed by atoms with Gasteiger partial charge in [-0.2, -0.15) is 0 Å². The van der Waals surface area contributed by atoms with E-state index in [1.165, 1.54) is 17.7 Å². The first kappa shape index (κ1) is 16.5. The molecule has 0 aliphatic carbocycles. The number of nitrogens with zero attached hydrogens (tertiary/aromatic N) is 1. The Kier molecular flexibility index (Phi) is 5.95. The second kappa shape index (κ2) is 7.94. The van der Waals surface area contributed by atoms with Crippen molar-refractivity contribution in [3.63, 3.8) is 0 Å². The van der Waals surface area contributed by atoms with E-state index in [4.69, 9.17) is 0 Å². The maximum absolute atomic E-state index is 12.2. The van der Waals surface area contributed by atoms with Crippen LogP contribution in [0.4, 0.5) is 5.69 Å². The number of hydrogen-bond donors (Lipinski definition) is 2. The molecule has 1 heterocycles. The fourth-order valence-corrected chi connectivity index (χ4v) is 2.87. The molecule has 1 saturated heterocycles. The molecular weight excluding hydrogens is 278 g/mol. The number of quaternary nitrogens is 1. The molecule has 5 nitrogen and oxygen atoms in total. The van der Waals surface area contributed by atoms with Gasteiger partial charge < -0.3 is 15.1 Å². The summed E-state index contributed by atoms with van der Waals surface area (Å²) in [4.78, 5) is 27.3. The van der Waals surface area contributed by atoms with Crippen LogP contribution in [0.2, 0.25) is 0 Å². The molecule has 1 fully saturated rings. The van der Waals surface area contributed by atoms with Gasteiger partial charge in [-0.15, -0.1) is 0 Å². The highest BCUT2D eigenvalue weighted by atomic mass is 16.2. The number of carbonyl (C=O) groups excluding carboxylic acids is 2. The lowest BCUT2D eigenvalue weighted by Crippen LogP contribution is -3.11. The second-order valence-electron chi connectivity index (χ2n) is 5.74. The van der Waals surface area contributed by atoms with Gasteiger partial charge in [0.25, 0.3) is 11.8 Å². The van der Waals surface area contributed by atoms with E-state index in [0.717, 1.165) is 18.8 Å². The fraction of sp³-hybridized carbons (Fsp3) is 0.529. The smallest absolute Gasteiger partial charge is 0.279 e. The van der Waals surface area contributed by atoms with Gasteiger partial charge in [-0.05, 0) is 38.1 Å². The lowest BCUT2D eigenvalue weighted by Gasteiger charge is -2.18. The van der Waals surface area contributed by atoms with Gasteiger partial charge in [0.15, 0.2) is 6.54 Å². The molecule has 2 N–H and O–H groups in total. The standard InChI is InChI=1S/C17H25N3O2/c1-3-20(4-2)17(22)14-7-9-15(10-8-14)18-16(21)13-19-11-5-6-12-19/h7-10H,3-6,11-13H2,1-2H3,(H,18,21)/p+1. The Hall–Kier alpha value is -1.88. The average molecular weight is 304 g/mol. The quantitative estimate of drug-likeness (QED) is 0.816. The maximum atomic E-state index is 12.2. The van der Waals surface area contributed by atoms with E-state index in [9.17, 15) is 9.59 Å². The van der Waals surface area contributed by atoms with Crippen LogP contribution in [0.15, 0.2) is 24.3 Å². The van der Waals surface area contributed by atoms with E-state index in [2.05, 4.69) is 5.32 Å². The first-order valence-electron chi connectivity index (χ1n) is 8.16. The zero-order valence-corrected chi connectivity index (χ0v) is 13.5. The van der Waals surface area contributed by atoms with Crippen molar-refractivity contribution in [3.8, 4) is 0 Å². The monoisotopic (exact) mass is 304 g/mol. The number of anilines is 1. The minimum absolute atomic E-state index is 0.0318. The normalized spacial score (nSPS) is 14.8. The van der Waals surface area contributed by atoms with Crippen LogP contribution in [-0.4, -0.2) is 49.4 Å². The summed E-state index contributed by atoms with van der Waals surface area (Å²) in [6, 6.07) is 7.15. The van der Waals surface area contributed by atoms with Crippen molar-refractivity contribution in [1.82, 2.24) is 4.90 Å². The molecule has 0 spiro atoms. The Balaban J connectivity index is 1.90. The van der Waals surface area contributed by atoms with E-state index in [-0.39, 0.29) is 11.8 Å². The van der Waals surface area contributed by atoms with Crippen LogP contribution in [0.25, 0.3) is 0 Å². The Morgan fingerprint density at radius 1 is 1.09 bits per heavy atom. The summed E-state index contributed by atoms with van der Waals surface area (Å²) < 4.78 is 0. The third-order valence-electron chi connectivity index (χ3n) is 4.19. The van der Waals surface area contributed by atoms with Crippen LogP contribution >= 0.6 is 0 Å². The van der Waals surface area contributed by atoms with Gasteiger partial charge in [-0.25, -0.2) is 0 Å². The van der Waals surface area contributed by atoms with Crippen LogP contribution < -0.4 is 10.2 Å². The Morgan fingerprint density at radius 2 is 1.68 bits per heavy atom. The Labute approximate surface area is 132 Å². The van der Waals surface area contributed by atoms with E-state index >= 15 is 0 Å². The molecule has 1 aliphatic rings. The van der Waals surface area contributed by atoms with E-state index in [1.807, 2.05) is 13.8 Å².